The van der Waals surface area contributed by atoms with Crippen LogP contribution < -0.4 is 14.4 Å². The molecule has 0 aromatic heterocycles. The molecule has 1 atom stereocenters. The predicted molar refractivity (Wildman–Crippen MR) is 153 cm³/mol. The number of halogens is 1. The molecule has 0 saturated heterocycles. The summed E-state index contributed by atoms with van der Waals surface area (Å²) in [4.78, 5) is 28.1. The van der Waals surface area contributed by atoms with Gasteiger partial charge in [0, 0.05) is 18.7 Å². The van der Waals surface area contributed by atoms with Gasteiger partial charge in [-0.05, 0) is 50.6 Å². The van der Waals surface area contributed by atoms with Crippen molar-refractivity contribution in [2.75, 3.05) is 24.0 Å². The molecule has 1 N–H and O–H groups in total. The number of rotatable bonds is 14. The van der Waals surface area contributed by atoms with Gasteiger partial charge in [0.1, 0.15) is 24.2 Å². The van der Waals surface area contributed by atoms with E-state index in [4.69, 9.17) is 4.74 Å². The number of carbonyl (C=O) groups excluding carboxylic acids is 2. The third-order valence-corrected chi connectivity index (χ3v) is 8.11. The topological polar surface area (TPSA) is 96.0 Å². The van der Waals surface area contributed by atoms with Gasteiger partial charge in [0.2, 0.25) is 11.8 Å². The fourth-order valence-corrected chi connectivity index (χ4v) is 5.55. The van der Waals surface area contributed by atoms with Crippen molar-refractivity contribution >= 4 is 27.5 Å². The molecule has 0 radical (unpaired) electrons. The summed E-state index contributed by atoms with van der Waals surface area (Å²) >= 11 is 0. The largest absolute Gasteiger partial charge is 0.492 e. The molecule has 3 rings (SSSR count). The number of anilines is 1. The average molecular weight is 570 g/mol. The summed E-state index contributed by atoms with van der Waals surface area (Å²) in [7, 11) is -4.24. The molecule has 0 aliphatic heterocycles. The van der Waals surface area contributed by atoms with E-state index >= 15 is 0 Å². The second-order valence-corrected chi connectivity index (χ2v) is 11.0. The molecule has 0 fully saturated rings. The van der Waals surface area contributed by atoms with Crippen LogP contribution in [0.2, 0.25) is 0 Å². The number of hydrogen-bond acceptors (Lipinski definition) is 5. The van der Waals surface area contributed by atoms with Gasteiger partial charge < -0.3 is 15.0 Å². The molecule has 2 amide bonds. The summed E-state index contributed by atoms with van der Waals surface area (Å²) in [5.74, 6) is -1.34. The van der Waals surface area contributed by atoms with E-state index < -0.39 is 40.2 Å². The minimum Gasteiger partial charge on any atom is -0.492 e. The van der Waals surface area contributed by atoms with Gasteiger partial charge in [-0.3, -0.25) is 13.9 Å². The first-order valence-corrected chi connectivity index (χ1v) is 14.7. The maximum atomic E-state index is 14.6. The molecule has 1 unspecified atom stereocenters. The molecule has 0 heterocycles. The first kappa shape index (κ1) is 30.6. The minimum atomic E-state index is -4.24. The Balaban J connectivity index is 2.05. The Hall–Kier alpha value is -3.92. The maximum Gasteiger partial charge on any atom is 0.264 e. The van der Waals surface area contributed by atoms with E-state index in [1.807, 2.05) is 6.92 Å². The van der Waals surface area contributed by atoms with Crippen LogP contribution in [0.3, 0.4) is 0 Å². The summed E-state index contributed by atoms with van der Waals surface area (Å²) in [5, 5.41) is 2.81. The number of benzene rings is 3. The van der Waals surface area contributed by atoms with Crippen molar-refractivity contribution < 1.29 is 27.1 Å². The van der Waals surface area contributed by atoms with E-state index in [1.54, 1.807) is 62.4 Å². The van der Waals surface area contributed by atoms with Crippen molar-refractivity contribution in [3.8, 4) is 5.75 Å². The number of ether oxygens (including phenoxy) is 1. The molecule has 0 aliphatic rings. The Morgan fingerprint density at radius 1 is 0.950 bits per heavy atom. The molecular formula is C30H36FN3O5S. The van der Waals surface area contributed by atoms with Crippen LogP contribution in [-0.4, -0.2) is 50.9 Å². The van der Waals surface area contributed by atoms with Gasteiger partial charge in [0.15, 0.2) is 0 Å². The molecule has 40 heavy (non-hydrogen) atoms. The normalized spacial score (nSPS) is 11.9. The van der Waals surface area contributed by atoms with Crippen LogP contribution in [0.5, 0.6) is 5.75 Å². The van der Waals surface area contributed by atoms with E-state index in [2.05, 4.69) is 5.32 Å². The lowest BCUT2D eigenvalue weighted by molar-refractivity contribution is -0.139. The lowest BCUT2D eigenvalue weighted by Crippen LogP contribution is -2.51. The van der Waals surface area contributed by atoms with E-state index in [0.717, 1.165) is 17.1 Å². The van der Waals surface area contributed by atoms with Gasteiger partial charge in [-0.2, -0.15) is 0 Å². The number of hydrogen-bond donors (Lipinski definition) is 1. The van der Waals surface area contributed by atoms with Crippen LogP contribution in [0.25, 0.3) is 0 Å². The smallest absolute Gasteiger partial charge is 0.264 e. The highest BCUT2D eigenvalue weighted by molar-refractivity contribution is 7.92. The molecular weight excluding hydrogens is 533 g/mol. The van der Waals surface area contributed by atoms with Crippen LogP contribution in [-0.2, 0) is 26.2 Å². The van der Waals surface area contributed by atoms with Crippen LogP contribution in [0.1, 0.15) is 39.2 Å². The molecule has 10 heteroatoms. The fourth-order valence-electron chi connectivity index (χ4n) is 4.10. The highest BCUT2D eigenvalue weighted by Gasteiger charge is 2.34. The highest BCUT2D eigenvalue weighted by atomic mass is 32.2. The first-order chi connectivity index (χ1) is 19.2. The van der Waals surface area contributed by atoms with E-state index in [1.165, 1.54) is 35.2 Å². The van der Waals surface area contributed by atoms with Crippen molar-refractivity contribution in [2.24, 2.45) is 0 Å². The molecule has 0 saturated carbocycles. The Kier molecular flexibility index (Phi) is 11.1. The van der Waals surface area contributed by atoms with Crippen LogP contribution in [0, 0.1) is 5.82 Å². The number of para-hydroxylation sites is 2. The predicted octanol–water partition coefficient (Wildman–Crippen LogP) is 4.75. The number of nitrogens with one attached hydrogen (secondary N) is 1. The summed E-state index contributed by atoms with van der Waals surface area (Å²) in [6.45, 7) is 5.15. The zero-order valence-corrected chi connectivity index (χ0v) is 23.9. The molecule has 0 bridgehead atoms. The number of unbranched alkanes of at least 4 members (excludes halogenated alkanes) is 1. The quantitative estimate of drug-likeness (QED) is 0.283. The Labute approximate surface area is 235 Å². The van der Waals surface area contributed by atoms with E-state index in [9.17, 15) is 22.4 Å². The Morgan fingerprint density at radius 3 is 2.27 bits per heavy atom. The van der Waals surface area contributed by atoms with Crippen molar-refractivity contribution in [1.29, 1.82) is 0 Å². The Morgan fingerprint density at radius 2 is 1.60 bits per heavy atom. The van der Waals surface area contributed by atoms with Gasteiger partial charge in [0.05, 0.1) is 17.2 Å². The molecule has 0 spiro atoms. The van der Waals surface area contributed by atoms with Crippen LogP contribution in [0.4, 0.5) is 10.1 Å². The van der Waals surface area contributed by atoms with Gasteiger partial charge in [0.25, 0.3) is 10.0 Å². The second-order valence-electron chi connectivity index (χ2n) is 9.16. The zero-order valence-electron chi connectivity index (χ0n) is 23.0. The highest BCUT2D eigenvalue weighted by Crippen LogP contribution is 2.33. The molecule has 3 aromatic rings. The van der Waals surface area contributed by atoms with Gasteiger partial charge in [-0.25, -0.2) is 12.8 Å². The van der Waals surface area contributed by atoms with Gasteiger partial charge in [-0.1, -0.05) is 61.9 Å². The van der Waals surface area contributed by atoms with Crippen LogP contribution >= 0.6 is 0 Å². The zero-order chi connectivity index (χ0) is 29.1. The van der Waals surface area contributed by atoms with Crippen molar-refractivity contribution in [1.82, 2.24) is 10.2 Å². The van der Waals surface area contributed by atoms with E-state index in [-0.39, 0.29) is 35.0 Å². The molecule has 0 aliphatic carbocycles. The lowest BCUT2D eigenvalue weighted by Gasteiger charge is -2.32. The standard InChI is InChI=1S/C30H36FN3O5S/c1-4-6-20-32-30(36)23(3)33(21-24-14-10-11-17-26(24)31)29(35)22-34(27-18-12-13-19-28(27)39-5-2)40(37,38)25-15-8-7-9-16-25/h7-19,23H,4-6,20-22H2,1-3H3,(H,32,36). The fraction of sp³-hybridized carbons (Fsp3) is 0.333. The lowest BCUT2D eigenvalue weighted by atomic mass is 10.1. The third-order valence-electron chi connectivity index (χ3n) is 6.34. The summed E-state index contributed by atoms with van der Waals surface area (Å²) in [6.07, 6.45) is 1.63. The molecule has 3 aromatic carbocycles. The van der Waals surface area contributed by atoms with Crippen molar-refractivity contribution in [2.45, 2.75) is 51.1 Å². The van der Waals surface area contributed by atoms with Gasteiger partial charge >= 0.3 is 0 Å². The van der Waals surface area contributed by atoms with Gasteiger partial charge in [-0.15, -0.1) is 0 Å². The SMILES string of the molecule is CCCCNC(=O)C(C)N(Cc1ccccc1F)C(=O)CN(c1ccccc1OCC)S(=O)(=O)c1ccccc1. The maximum absolute atomic E-state index is 14.6. The number of carbonyl (C=O) groups is 2. The van der Waals surface area contributed by atoms with E-state index in [0.29, 0.717) is 6.54 Å². The summed E-state index contributed by atoms with van der Waals surface area (Å²) in [6, 6.07) is 19.3. The summed E-state index contributed by atoms with van der Waals surface area (Å²) < 4.78 is 49.1. The average Bonchev–Trinajstić information content (AvgIpc) is 2.96. The third kappa shape index (κ3) is 7.59. The number of nitrogens with zero attached hydrogens (tertiary/aromatic N) is 2. The number of amides is 2. The minimum absolute atomic E-state index is 0.0138. The monoisotopic (exact) mass is 569 g/mol. The van der Waals surface area contributed by atoms with Crippen molar-refractivity contribution in [3.05, 3.63) is 90.2 Å². The first-order valence-electron chi connectivity index (χ1n) is 13.3. The molecule has 8 nitrogen and oxygen atoms in total. The van der Waals surface area contributed by atoms with Crippen LogP contribution in [0.15, 0.2) is 83.8 Å². The second kappa shape index (κ2) is 14.5. The molecule has 214 valence electrons. The van der Waals surface area contributed by atoms with Crippen molar-refractivity contribution in [3.63, 3.8) is 0 Å². The Bertz CT molecular complexity index is 1380. The number of sulfonamides is 1. The summed E-state index contributed by atoms with van der Waals surface area (Å²) in [5.41, 5.74) is 0.378.